The van der Waals surface area contributed by atoms with Crippen LogP contribution in [0.25, 0.3) is 0 Å². The van der Waals surface area contributed by atoms with Crippen LogP contribution in [0.2, 0.25) is 0 Å². The Morgan fingerprint density at radius 3 is 2.46 bits per heavy atom. The van der Waals surface area contributed by atoms with Gasteiger partial charge in [-0.1, -0.05) is 36.1 Å². The highest BCUT2D eigenvalue weighted by molar-refractivity contribution is 5.96. The van der Waals surface area contributed by atoms with Crippen LogP contribution in [0.1, 0.15) is 32.7 Å². The molecule has 0 atom stereocenters. The van der Waals surface area contributed by atoms with Gasteiger partial charge in [0.05, 0.1) is 0 Å². The molecule has 3 aromatic rings. The number of aromatic nitrogens is 2. The van der Waals surface area contributed by atoms with E-state index in [0.29, 0.717) is 12.1 Å². The average molecular weight is 314 g/mol. The molecule has 0 aliphatic rings. The Hall–Kier alpha value is -3.12. The van der Waals surface area contributed by atoms with Crippen molar-refractivity contribution in [3.63, 3.8) is 0 Å². The summed E-state index contributed by atoms with van der Waals surface area (Å²) < 4.78 is 1.61. The number of rotatable bonds is 3. The largest absolute Gasteiger partial charge is 0.292 e. The van der Waals surface area contributed by atoms with Crippen LogP contribution in [0.5, 0.6) is 0 Å². The lowest BCUT2D eigenvalue weighted by molar-refractivity contribution is 0.0984. The first-order valence-electron chi connectivity index (χ1n) is 7.81. The van der Waals surface area contributed by atoms with Gasteiger partial charge in [0.15, 0.2) is 5.78 Å². The second-order valence-corrected chi connectivity index (χ2v) is 5.70. The molecule has 0 saturated carbocycles. The van der Waals surface area contributed by atoms with E-state index in [1.807, 2.05) is 55.5 Å². The number of carbonyl (C=O) groups excluding carboxylic acids is 1. The second-order valence-electron chi connectivity index (χ2n) is 5.70. The van der Waals surface area contributed by atoms with Gasteiger partial charge in [-0.2, -0.15) is 5.10 Å². The van der Waals surface area contributed by atoms with Crippen molar-refractivity contribution in [1.82, 2.24) is 9.78 Å². The molecule has 0 aliphatic heterocycles. The van der Waals surface area contributed by atoms with E-state index in [1.54, 1.807) is 24.0 Å². The minimum absolute atomic E-state index is 0.0706. The third-order valence-electron chi connectivity index (χ3n) is 3.93. The number of Topliss-reactive ketones (excluding diaryl/α,β-unsaturated/α-hetero) is 1. The van der Waals surface area contributed by atoms with Crippen LogP contribution in [-0.2, 0) is 13.5 Å². The normalized spacial score (nSPS) is 10.1. The van der Waals surface area contributed by atoms with Crippen molar-refractivity contribution in [2.45, 2.75) is 13.3 Å². The van der Waals surface area contributed by atoms with Crippen LogP contribution in [0.4, 0.5) is 0 Å². The van der Waals surface area contributed by atoms with E-state index in [4.69, 9.17) is 0 Å². The molecule has 0 N–H and O–H groups in total. The number of ketones is 1. The van der Waals surface area contributed by atoms with Crippen LogP contribution in [0.15, 0.2) is 60.8 Å². The Labute approximate surface area is 142 Å². The van der Waals surface area contributed by atoms with Crippen molar-refractivity contribution in [2.75, 3.05) is 0 Å². The molecular weight excluding hydrogens is 296 g/mol. The first-order chi connectivity index (χ1) is 11.6. The third-order valence-corrected chi connectivity index (χ3v) is 3.93. The fourth-order valence-electron chi connectivity index (χ4n) is 2.55. The first kappa shape index (κ1) is 15.8. The summed E-state index contributed by atoms with van der Waals surface area (Å²) in [7, 11) is 1.78. The van der Waals surface area contributed by atoms with Crippen molar-refractivity contribution in [3.8, 4) is 11.8 Å². The standard InChI is InChI=1S/C21H18N2O/c1-16-14-18(9-8-17-6-4-3-5-7-17)10-11-19(16)15-21(24)20-12-13-22-23(20)2/h3-7,10-14H,15H2,1-2H3. The Bertz CT molecular complexity index is 927. The maximum atomic E-state index is 12.4. The molecule has 0 amide bonds. The zero-order valence-corrected chi connectivity index (χ0v) is 13.8. The fourth-order valence-corrected chi connectivity index (χ4v) is 2.55. The lowest BCUT2D eigenvalue weighted by Crippen LogP contribution is -2.10. The van der Waals surface area contributed by atoms with Gasteiger partial charge < -0.3 is 0 Å². The smallest absolute Gasteiger partial charge is 0.185 e. The Kier molecular flexibility index (Phi) is 4.58. The molecule has 0 radical (unpaired) electrons. The molecule has 3 rings (SSSR count). The Morgan fingerprint density at radius 2 is 1.79 bits per heavy atom. The molecule has 0 bridgehead atoms. The summed E-state index contributed by atoms with van der Waals surface area (Å²) >= 11 is 0. The van der Waals surface area contributed by atoms with Crippen molar-refractivity contribution in [1.29, 1.82) is 0 Å². The summed E-state index contributed by atoms with van der Waals surface area (Å²) in [5, 5.41) is 4.05. The van der Waals surface area contributed by atoms with Gasteiger partial charge in [-0.05, 0) is 48.4 Å². The molecule has 0 spiro atoms. The topological polar surface area (TPSA) is 34.9 Å². The van der Waals surface area contributed by atoms with E-state index in [-0.39, 0.29) is 5.78 Å². The van der Waals surface area contributed by atoms with Crippen molar-refractivity contribution in [2.24, 2.45) is 7.05 Å². The zero-order chi connectivity index (χ0) is 16.9. The van der Waals surface area contributed by atoms with Crippen LogP contribution in [0, 0.1) is 18.8 Å². The van der Waals surface area contributed by atoms with Crippen molar-refractivity contribution in [3.05, 3.63) is 88.7 Å². The highest BCUT2D eigenvalue weighted by Gasteiger charge is 2.12. The highest BCUT2D eigenvalue weighted by Crippen LogP contribution is 2.14. The van der Waals surface area contributed by atoms with Gasteiger partial charge >= 0.3 is 0 Å². The first-order valence-corrected chi connectivity index (χ1v) is 7.81. The van der Waals surface area contributed by atoms with Gasteiger partial charge in [0.2, 0.25) is 0 Å². The van der Waals surface area contributed by atoms with E-state index in [9.17, 15) is 4.79 Å². The minimum Gasteiger partial charge on any atom is -0.292 e. The Morgan fingerprint density at radius 1 is 1.04 bits per heavy atom. The summed E-state index contributed by atoms with van der Waals surface area (Å²) in [6, 6.07) is 17.6. The molecular formula is C21H18N2O. The van der Waals surface area contributed by atoms with Crippen molar-refractivity contribution >= 4 is 5.78 Å². The predicted molar refractivity (Wildman–Crippen MR) is 94.8 cm³/mol. The summed E-state index contributed by atoms with van der Waals surface area (Å²) in [5.41, 5.74) is 4.66. The van der Waals surface area contributed by atoms with Crippen LogP contribution in [-0.4, -0.2) is 15.6 Å². The lowest BCUT2D eigenvalue weighted by atomic mass is 9.99. The molecule has 0 fully saturated rings. The number of aryl methyl sites for hydroxylation is 2. The van der Waals surface area contributed by atoms with Gasteiger partial charge in [-0.25, -0.2) is 0 Å². The van der Waals surface area contributed by atoms with E-state index >= 15 is 0 Å². The molecule has 3 nitrogen and oxygen atoms in total. The van der Waals surface area contributed by atoms with Gasteiger partial charge in [0, 0.05) is 30.8 Å². The Balaban J connectivity index is 1.77. The molecule has 3 heteroatoms. The van der Waals surface area contributed by atoms with E-state index in [2.05, 4.69) is 16.9 Å². The van der Waals surface area contributed by atoms with Crippen LogP contribution in [0.3, 0.4) is 0 Å². The second kappa shape index (κ2) is 6.97. The monoisotopic (exact) mass is 314 g/mol. The molecule has 1 aromatic heterocycles. The number of nitrogens with zero attached hydrogens (tertiary/aromatic N) is 2. The maximum Gasteiger partial charge on any atom is 0.185 e. The average Bonchev–Trinajstić information content (AvgIpc) is 3.02. The lowest BCUT2D eigenvalue weighted by Gasteiger charge is -2.06. The van der Waals surface area contributed by atoms with Gasteiger partial charge in [-0.15, -0.1) is 0 Å². The van der Waals surface area contributed by atoms with E-state index in [0.717, 1.165) is 22.3 Å². The molecule has 24 heavy (non-hydrogen) atoms. The number of hydrogen-bond acceptors (Lipinski definition) is 2. The molecule has 0 unspecified atom stereocenters. The predicted octanol–water partition coefficient (Wildman–Crippen LogP) is 3.55. The van der Waals surface area contributed by atoms with Crippen molar-refractivity contribution < 1.29 is 4.79 Å². The van der Waals surface area contributed by atoms with E-state index in [1.165, 1.54) is 0 Å². The number of benzene rings is 2. The molecule has 0 aliphatic carbocycles. The van der Waals surface area contributed by atoms with Gasteiger partial charge in [0.1, 0.15) is 5.69 Å². The summed E-state index contributed by atoms with van der Waals surface area (Å²) in [6.07, 6.45) is 2.01. The highest BCUT2D eigenvalue weighted by atomic mass is 16.1. The molecule has 2 aromatic carbocycles. The van der Waals surface area contributed by atoms with Gasteiger partial charge in [-0.3, -0.25) is 9.48 Å². The third kappa shape index (κ3) is 3.61. The summed E-state index contributed by atoms with van der Waals surface area (Å²) in [5.74, 6) is 6.39. The number of carbonyl (C=O) groups is 1. The number of hydrogen-bond donors (Lipinski definition) is 0. The van der Waals surface area contributed by atoms with E-state index < -0.39 is 0 Å². The summed E-state index contributed by atoms with van der Waals surface area (Å²) in [4.78, 5) is 12.4. The minimum atomic E-state index is 0.0706. The van der Waals surface area contributed by atoms with Gasteiger partial charge in [0.25, 0.3) is 0 Å². The van der Waals surface area contributed by atoms with Crippen LogP contribution < -0.4 is 0 Å². The maximum absolute atomic E-state index is 12.4. The van der Waals surface area contributed by atoms with Crippen LogP contribution >= 0.6 is 0 Å². The molecule has 118 valence electrons. The molecule has 1 heterocycles. The summed E-state index contributed by atoms with van der Waals surface area (Å²) in [6.45, 7) is 2.01. The molecule has 0 saturated heterocycles. The quantitative estimate of drug-likeness (QED) is 0.547. The fraction of sp³-hybridized carbons (Fsp3) is 0.143. The zero-order valence-electron chi connectivity index (χ0n) is 13.8. The SMILES string of the molecule is Cc1cc(C#Cc2ccccc2)ccc1CC(=O)c1ccnn1C.